The van der Waals surface area contributed by atoms with Crippen molar-refractivity contribution in [2.24, 2.45) is 5.16 Å². The van der Waals surface area contributed by atoms with Gasteiger partial charge >= 0.3 is 12.1 Å². The minimum absolute atomic E-state index is 0.0456. The summed E-state index contributed by atoms with van der Waals surface area (Å²) in [5, 5.41) is 17.6. The number of thioether (sulfide) groups is 1. The zero-order valence-corrected chi connectivity index (χ0v) is 23.4. The summed E-state index contributed by atoms with van der Waals surface area (Å²) in [5.41, 5.74) is 5.54. The number of anilines is 2. The number of aromatic nitrogens is 4. The third kappa shape index (κ3) is 5.81. The van der Waals surface area contributed by atoms with E-state index in [1.807, 2.05) is 24.6 Å². The van der Waals surface area contributed by atoms with Crippen LogP contribution in [0.1, 0.15) is 19.7 Å². The molecule has 2 aromatic heterocycles. The van der Waals surface area contributed by atoms with E-state index in [0.717, 1.165) is 30.4 Å². The molecule has 4 heterocycles. The molecule has 0 spiro atoms. The summed E-state index contributed by atoms with van der Waals surface area (Å²) in [4.78, 5) is 66.1. The Morgan fingerprint density at radius 2 is 2.10 bits per heavy atom. The van der Waals surface area contributed by atoms with E-state index in [9.17, 15) is 24.3 Å². The highest BCUT2D eigenvalue weighted by atomic mass is 32.2. The van der Waals surface area contributed by atoms with Crippen LogP contribution in [0.3, 0.4) is 0 Å². The average molecular weight is 592 g/mol. The van der Waals surface area contributed by atoms with Gasteiger partial charge in [-0.2, -0.15) is 13.9 Å². The minimum atomic E-state index is -1.25. The first kappa shape index (κ1) is 28.7. The van der Waals surface area contributed by atoms with E-state index in [1.54, 1.807) is 12.4 Å². The van der Waals surface area contributed by atoms with E-state index in [2.05, 4.69) is 39.9 Å². The molecule has 0 aliphatic carbocycles. The summed E-state index contributed by atoms with van der Waals surface area (Å²) in [6.07, 6.45) is 4.27. The van der Waals surface area contributed by atoms with E-state index in [0.29, 0.717) is 11.3 Å². The Morgan fingerprint density at radius 1 is 1.35 bits per heavy atom. The van der Waals surface area contributed by atoms with Gasteiger partial charge in [-0.15, -0.1) is 11.8 Å². The third-order valence-corrected chi connectivity index (χ3v) is 7.92. The zero-order valence-electron chi connectivity index (χ0n) is 21.7. The predicted octanol–water partition coefficient (Wildman–Crippen LogP) is -0.852. The molecule has 1 fully saturated rings. The second-order valence-electron chi connectivity index (χ2n) is 8.40. The Balaban J connectivity index is 1.54. The summed E-state index contributed by atoms with van der Waals surface area (Å²) in [7, 11) is 1.30. The number of nitrogen functional groups attached to an aromatic ring is 1. The second-order valence-corrected chi connectivity index (χ2v) is 10.3. The Labute approximate surface area is 236 Å². The topological polar surface area (TPSA) is 209 Å². The Morgan fingerprint density at radius 3 is 2.73 bits per heavy atom. The fourth-order valence-electron chi connectivity index (χ4n) is 4.11. The first-order chi connectivity index (χ1) is 19.2. The molecule has 2 aromatic rings. The lowest BCUT2D eigenvalue weighted by molar-refractivity contribution is -0.688. The summed E-state index contributed by atoms with van der Waals surface area (Å²) in [6, 6.07) is -1.06. The van der Waals surface area contributed by atoms with Crippen LogP contribution in [0, 0.1) is 0 Å². The van der Waals surface area contributed by atoms with Crippen LogP contribution in [0.4, 0.5) is 15.7 Å². The van der Waals surface area contributed by atoms with Crippen molar-refractivity contribution < 1.29 is 33.7 Å². The van der Waals surface area contributed by atoms with Crippen molar-refractivity contribution in [3.05, 3.63) is 35.7 Å². The van der Waals surface area contributed by atoms with Crippen LogP contribution in [-0.4, -0.2) is 91.2 Å². The monoisotopic (exact) mass is 591 g/mol. The number of fused-ring (bicyclic) bond motifs is 1. The molecule has 40 heavy (non-hydrogen) atoms. The number of carboxylic acids is 1. The van der Waals surface area contributed by atoms with Crippen molar-refractivity contribution in [1.29, 1.82) is 0 Å². The van der Waals surface area contributed by atoms with E-state index in [-0.39, 0.29) is 23.2 Å². The van der Waals surface area contributed by atoms with Crippen LogP contribution < -0.4 is 25.8 Å². The smallest absolute Gasteiger partial charge is 0.433 e. The second kappa shape index (κ2) is 12.2. The molecule has 1 saturated heterocycles. The number of carbonyl (C=O) groups excluding carboxylic acids is 3. The first-order valence-electron chi connectivity index (χ1n) is 12.1. The van der Waals surface area contributed by atoms with Gasteiger partial charge < -0.3 is 26.4 Å². The van der Waals surface area contributed by atoms with E-state index < -0.39 is 41.0 Å². The number of rotatable bonds is 10. The van der Waals surface area contributed by atoms with Gasteiger partial charge in [0.15, 0.2) is 23.7 Å². The molecule has 18 heteroatoms. The zero-order chi connectivity index (χ0) is 29.0. The molecule has 5 N–H and O–H groups in total. The molecule has 4 rings (SSSR count). The number of nitrogens with two attached hydrogens (primary N) is 1. The number of carbonyl (C=O) groups is 4. The summed E-state index contributed by atoms with van der Waals surface area (Å²) < 4.78 is 5.74. The standard InChI is InChI=1S/C22H26N10O6S2/c1-4-31(5-2)12-9-30(7-6-25-12)8-11-10-39-19-14(18(34)32(19)15(11)20(35)36)26-17(33)13(28-38-22(37)24-3)16-27-21(23)40-29-16/h6-7,9,14,19H,4-5,8,10H2,1-3H3,(H4-,23,24,26,27,29,33,35,36,37)/p+1/b28-13+/t14?,19-/m1/s1. The number of carboxylic acid groups (broad SMARTS) is 1. The molecule has 2 atom stereocenters. The van der Waals surface area contributed by atoms with Crippen LogP contribution in [-0.2, 0) is 25.8 Å². The highest BCUT2D eigenvalue weighted by molar-refractivity contribution is 8.00. The van der Waals surface area contributed by atoms with Gasteiger partial charge in [-0.05, 0) is 13.8 Å². The number of amides is 3. The van der Waals surface area contributed by atoms with Crippen molar-refractivity contribution >= 4 is 63.8 Å². The lowest BCUT2D eigenvalue weighted by Gasteiger charge is -2.49. The number of nitrogens with one attached hydrogen (secondary N) is 2. The fraction of sp³-hybridized carbons (Fsp3) is 0.409. The van der Waals surface area contributed by atoms with E-state index in [4.69, 9.17) is 5.73 Å². The average Bonchev–Trinajstić information content (AvgIpc) is 3.37. The lowest BCUT2D eigenvalue weighted by Crippen LogP contribution is -2.71. The first-order valence-corrected chi connectivity index (χ1v) is 13.9. The van der Waals surface area contributed by atoms with Gasteiger partial charge in [0.2, 0.25) is 17.7 Å². The molecule has 212 valence electrons. The maximum absolute atomic E-state index is 13.1. The number of hydrogen-bond acceptors (Lipinski definition) is 13. The maximum atomic E-state index is 13.1. The summed E-state index contributed by atoms with van der Waals surface area (Å²) >= 11 is 2.11. The number of oxime groups is 1. The van der Waals surface area contributed by atoms with Crippen LogP contribution in [0.2, 0.25) is 0 Å². The third-order valence-electron chi connectivity index (χ3n) is 6.04. The normalized spacial score (nSPS) is 18.5. The number of hydrogen-bond donors (Lipinski definition) is 4. The van der Waals surface area contributed by atoms with E-state index in [1.165, 1.54) is 23.7 Å². The summed E-state index contributed by atoms with van der Waals surface area (Å²) in [5.74, 6) is -1.90. The molecule has 0 bridgehead atoms. The molecule has 0 radical (unpaired) electrons. The number of aliphatic carboxylic acids is 1. The fourth-order valence-corrected chi connectivity index (χ4v) is 5.88. The van der Waals surface area contributed by atoms with Gasteiger partial charge in [0, 0.05) is 43.0 Å². The van der Waals surface area contributed by atoms with Crippen molar-refractivity contribution in [1.82, 2.24) is 29.9 Å². The number of nitrogens with zero attached hydrogens (tertiary/aromatic N) is 7. The van der Waals surface area contributed by atoms with Crippen LogP contribution in [0.25, 0.3) is 0 Å². The molecule has 1 unspecified atom stereocenters. The SMILES string of the molecule is CCN(CC)c1c[n+](CC2=C(C(=O)O)N3C(=O)C(NC(=O)/C(=N/OC(=O)NC)c4nsc(N)n4)[C@H]3SC2)ccn1. The van der Waals surface area contributed by atoms with Crippen LogP contribution >= 0.6 is 23.3 Å². The Hall–Kier alpha value is -4.32. The Kier molecular flexibility index (Phi) is 8.78. The lowest BCUT2D eigenvalue weighted by atomic mass is 10.0. The van der Waals surface area contributed by atoms with Gasteiger partial charge in [0.05, 0.1) is 6.20 Å². The van der Waals surface area contributed by atoms with Crippen molar-refractivity contribution in [2.45, 2.75) is 31.8 Å². The largest absolute Gasteiger partial charge is 0.477 e. The van der Waals surface area contributed by atoms with Crippen LogP contribution in [0.15, 0.2) is 35.0 Å². The van der Waals surface area contributed by atoms with Gasteiger partial charge in [-0.25, -0.2) is 14.6 Å². The van der Waals surface area contributed by atoms with Crippen LogP contribution in [0.5, 0.6) is 0 Å². The van der Waals surface area contributed by atoms with Crippen molar-refractivity contribution in [2.75, 3.05) is 36.5 Å². The molecular weight excluding hydrogens is 564 g/mol. The predicted molar refractivity (Wildman–Crippen MR) is 144 cm³/mol. The highest BCUT2D eigenvalue weighted by Gasteiger charge is 2.55. The van der Waals surface area contributed by atoms with Gasteiger partial charge in [-0.1, -0.05) is 5.16 Å². The minimum Gasteiger partial charge on any atom is -0.477 e. The van der Waals surface area contributed by atoms with E-state index >= 15 is 0 Å². The molecule has 3 amide bonds. The molecule has 0 aromatic carbocycles. The molecule has 16 nitrogen and oxygen atoms in total. The van der Waals surface area contributed by atoms with Gasteiger partial charge in [0.25, 0.3) is 11.8 Å². The van der Waals surface area contributed by atoms with Crippen molar-refractivity contribution in [3.8, 4) is 0 Å². The number of β-lactam (4-membered cyclic amide) rings is 1. The van der Waals surface area contributed by atoms with Gasteiger partial charge in [-0.3, -0.25) is 19.3 Å². The quantitative estimate of drug-likeness (QED) is 0.0875. The highest BCUT2D eigenvalue weighted by Crippen LogP contribution is 2.40. The van der Waals surface area contributed by atoms with Gasteiger partial charge in [0.1, 0.15) is 17.1 Å². The summed E-state index contributed by atoms with van der Waals surface area (Å²) in [6.45, 7) is 5.80. The Bertz CT molecular complexity index is 1390. The maximum Gasteiger partial charge on any atom is 0.433 e. The molecule has 2 aliphatic heterocycles. The van der Waals surface area contributed by atoms with Crippen molar-refractivity contribution in [3.63, 3.8) is 0 Å². The molecule has 0 saturated carbocycles. The molecular formula is C22H27N10O6S2+. The molecule has 2 aliphatic rings.